The van der Waals surface area contributed by atoms with Crippen LogP contribution in [0.15, 0.2) is 30.6 Å². The van der Waals surface area contributed by atoms with E-state index in [-0.39, 0.29) is 0 Å². The van der Waals surface area contributed by atoms with Gasteiger partial charge in [0.1, 0.15) is 0 Å². The Morgan fingerprint density at radius 2 is 2.11 bits per heavy atom. The molecule has 0 amide bonds. The zero-order valence-corrected chi connectivity index (χ0v) is 11.4. The van der Waals surface area contributed by atoms with Crippen molar-refractivity contribution >= 4 is 16.6 Å². The predicted molar refractivity (Wildman–Crippen MR) is 76.0 cm³/mol. The van der Waals surface area contributed by atoms with E-state index in [1.807, 2.05) is 48.8 Å². The monoisotopic (exact) mass is 255 g/mol. The van der Waals surface area contributed by atoms with Crippen LogP contribution in [-0.2, 0) is 20.6 Å². The van der Waals surface area contributed by atoms with Crippen LogP contribution < -0.4 is 5.32 Å². The fourth-order valence-corrected chi connectivity index (χ4v) is 2.34. The SMILES string of the molecule is Cc1nn(C)cc1CNc1cccc2c1cnn2C. The molecule has 98 valence electrons. The Bertz CT molecular complexity index is 723. The van der Waals surface area contributed by atoms with Gasteiger partial charge in [-0.05, 0) is 19.1 Å². The van der Waals surface area contributed by atoms with Gasteiger partial charge in [-0.2, -0.15) is 10.2 Å². The summed E-state index contributed by atoms with van der Waals surface area (Å²) in [7, 11) is 3.90. The topological polar surface area (TPSA) is 47.7 Å². The molecule has 0 unspecified atom stereocenters. The number of rotatable bonds is 3. The lowest BCUT2D eigenvalue weighted by Crippen LogP contribution is -2.00. The summed E-state index contributed by atoms with van der Waals surface area (Å²) < 4.78 is 3.73. The normalized spacial score (nSPS) is 11.1. The smallest absolute Gasteiger partial charge is 0.0699 e. The second-order valence-corrected chi connectivity index (χ2v) is 4.77. The molecular weight excluding hydrogens is 238 g/mol. The van der Waals surface area contributed by atoms with E-state index in [9.17, 15) is 0 Å². The Balaban J connectivity index is 1.88. The number of aromatic nitrogens is 4. The molecule has 1 aromatic carbocycles. The molecule has 2 aromatic heterocycles. The number of anilines is 1. The molecule has 0 bridgehead atoms. The highest BCUT2D eigenvalue weighted by Gasteiger charge is 2.06. The molecular formula is C14H17N5. The molecule has 1 N–H and O–H groups in total. The van der Waals surface area contributed by atoms with Crippen LogP contribution in [0.2, 0.25) is 0 Å². The molecule has 0 saturated heterocycles. The predicted octanol–water partition coefficient (Wildman–Crippen LogP) is 2.23. The quantitative estimate of drug-likeness (QED) is 0.780. The van der Waals surface area contributed by atoms with Crippen molar-refractivity contribution < 1.29 is 0 Å². The van der Waals surface area contributed by atoms with Crippen LogP contribution in [0.1, 0.15) is 11.3 Å². The van der Waals surface area contributed by atoms with E-state index in [1.54, 1.807) is 0 Å². The molecule has 0 radical (unpaired) electrons. The van der Waals surface area contributed by atoms with Gasteiger partial charge in [-0.15, -0.1) is 0 Å². The van der Waals surface area contributed by atoms with E-state index < -0.39 is 0 Å². The van der Waals surface area contributed by atoms with Gasteiger partial charge in [-0.3, -0.25) is 9.36 Å². The van der Waals surface area contributed by atoms with Crippen LogP contribution in [0.4, 0.5) is 5.69 Å². The maximum Gasteiger partial charge on any atom is 0.0699 e. The summed E-state index contributed by atoms with van der Waals surface area (Å²) in [6, 6.07) is 6.20. The van der Waals surface area contributed by atoms with Crippen molar-refractivity contribution in [3.8, 4) is 0 Å². The molecule has 5 heteroatoms. The first kappa shape index (κ1) is 11.8. The van der Waals surface area contributed by atoms with Crippen LogP contribution in [0.5, 0.6) is 0 Å². The summed E-state index contributed by atoms with van der Waals surface area (Å²) in [4.78, 5) is 0. The number of nitrogens with one attached hydrogen (secondary N) is 1. The van der Waals surface area contributed by atoms with E-state index in [2.05, 4.69) is 27.6 Å². The van der Waals surface area contributed by atoms with E-state index in [0.717, 1.165) is 28.8 Å². The number of aryl methyl sites for hydroxylation is 3. The molecule has 0 aliphatic rings. The van der Waals surface area contributed by atoms with Crippen LogP contribution in [0.3, 0.4) is 0 Å². The fraction of sp³-hybridized carbons (Fsp3) is 0.286. The fourth-order valence-electron chi connectivity index (χ4n) is 2.34. The maximum atomic E-state index is 4.35. The van der Waals surface area contributed by atoms with Gasteiger partial charge in [0.2, 0.25) is 0 Å². The van der Waals surface area contributed by atoms with Crippen LogP contribution >= 0.6 is 0 Å². The molecule has 0 aliphatic carbocycles. The number of fused-ring (bicyclic) bond motifs is 1. The lowest BCUT2D eigenvalue weighted by Gasteiger charge is -2.07. The van der Waals surface area contributed by atoms with Gasteiger partial charge in [0.15, 0.2) is 0 Å². The van der Waals surface area contributed by atoms with E-state index in [0.29, 0.717) is 0 Å². The minimum atomic E-state index is 0.772. The van der Waals surface area contributed by atoms with Crippen molar-refractivity contribution in [2.24, 2.45) is 14.1 Å². The highest BCUT2D eigenvalue weighted by molar-refractivity contribution is 5.91. The summed E-state index contributed by atoms with van der Waals surface area (Å²) in [6.45, 7) is 2.80. The van der Waals surface area contributed by atoms with Crippen LogP contribution in [0, 0.1) is 6.92 Å². The van der Waals surface area contributed by atoms with E-state index >= 15 is 0 Å². The van der Waals surface area contributed by atoms with Crippen molar-refractivity contribution in [1.82, 2.24) is 19.6 Å². The lowest BCUT2D eigenvalue weighted by molar-refractivity contribution is 0.756. The highest BCUT2D eigenvalue weighted by Crippen LogP contribution is 2.23. The summed E-state index contributed by atoms with van der Waals surface area (Å²) in [5, 5.41) is 13.3. The van der Waals surface area contributed by atoms with Crippen molar-refractivity contribution in [3.05, 3.63) is 41.9 Å². The third-order valence-corrected chi connectivity index (χ3v) is 3.38. The summed E-state index contributed by atoms with van der Waals surface area (Å²) in [5.74, 6) is 0. The van der Waals surface area contributed by atoms with E-state index in [4.69, 9.17) is 0 Å². The first-order valence-electron chi connectivity index (χ1n) is 6.29. The lowest BCUT2D eigenvalue weighted by atomic mass is 10.2. The van der Waals surface area contributed by atoms with Gasteiger partial charge in [0, 0.05) is 43.5 Å². The number of nitrogens with zero attached hydrogens (tertiary/aromatic N) is 4. The molecule has 0 fully saturated rings. The average Bonchev–Trinajstić information content (AvgIpc) is 2.91. The number of benzene rings is 1. The summed E-state index contributed by atoms with van der Waals surface area (Å²) >= 11 is 0. The van der Waals surface area contributed by atoms with Gasteiger partial charge < -0.3 is 5.32 Å². The first-order chi connectivity index (χ1) is 9.15. The maximum absolute atomic E-state index is 4.35. The standard InChI is InChI=1S/C14H17N5/c1-10-11(9-18(2)17-10)7-15-13-5-4-6-14-12(13)8-16-19(14)3/h4-6,8-9,15H,7H2,1-3H3. The Morgan fingerprint density at radius 3 is 2.84 bits per heavy atom. The summed E-state index contributed by atoms with van der Waals surface area (Å²) in [6.07, 6.45) is 3.94. The molecule has 0 saturated carbocycles. The van der Waals surface area contributed by atoms with Crippen molar-refractivity contribution in [3.63, 3.8) is 0 Å². The third kappa shape index (κ3) is 2.07. The molecule has 19 heavy (non-hydrogen) atoms. The van der Waals surface area contributed by atoms with Gasteiger partial charge in [-0.25, -0.2) is 0 Å². The van der Waals surface area contributed by atoms with Gasteiger partial charge in [-0.1, -0.05) is 6.07 Å². The molecule has 0 aliphatic heterocycles. The Hall–Kier alpha value is -2.30. The average molecular weight is 255 g/mol. The third-order valence-electron chi connectivity index (χ3n) is 3.38. The second-order valence-electron chi connectivity index (χ2n) is 4.77. The zero-order chi connectivity index (χ0) is 13.4. The zero-order valence-electron chi connectivity index (χ0n) is 11.4. The summed E-state index contributed by atoms with van der Waals surface area (Å²) in [5.41, 5.74) is 4.51. The van der Waals surface area contributed by atoms with E-state index in [1.165, 1.54) is 5.56 Å². The molecule has 2 heterocycles. The molecule has 0 spiro atoms. The van der Waals surface area contributed by atoms with Crippen LogP contribution in [0.25, 0.3) is 10.9 Å². The number of hydrogen-bond acceptors (Lipinski definition) is 3. The molecule has 3 aromatic rings. The largest absolute Gasteiger partial charge is 0.380 e. The minimum Gasteiger partial charge on any atom is -0.380 e. The van der Waals surface area contributed by atoms with Gasteiger partial charge >= 0.3 is 0 Å². The van der Waals surface area contributed by atoms with Crippen molar-refractivity contribution in [2.45, 2.75) is 13.5 Å². The van der Waals surface area contributed by atoms with Crippen LogP contribution in [-0.4, -0.2) is 19.6 Å². The van der Waals surface area contributed by atoms with Gasteiger partial charge in [0.25, 0.3) is 0 Å². The minimum absolute atomic E-state index is 0.772. The van der Waals surface area contributed by atoms with Crippen molar-refractivity contribution in [1.29, 1.82) is 0 Å². The molecule has 5 nitrogen and oxygen atoms in total. The van der Waals surface area contributed by atoms with Crippen molar-refractivity contribution in [2.75, 3.05) is 5.32 Å². The molecule has 3 rings (SSSR count). The molecule has 0 atom stereocenters. The Kier molecular flexibility index (Phi) is 2.74. The van der Waals surface area contributed by atoms with Gasteiger partial charge in [0.05, 0.1) is 17.4 Å². The first-order valence-corrected chi connectivity index (χ1v) is 6.29. The second kappa shape index (κ2) is 4.42. The Morgan fingerprint density at radius 1 is 1.26 bits per heavy atom. The number of hydrogen-bond donors (Lipinski definition) is 1. The highest BCUT2D eigenvalue weighted by atomic mass is 15.3. The Labute approximate surface area is 111 Å².